The number of nitrogens with one attached hydrogen (secondary N) is 2. The maximum Gasteiger partial charge on any atom is 0.0275 e. The van der Waals surface area contributed by atoms with E-state index in [4.69, 9.17) is 0 Å². The summed E-state index contributed by atoms with van der Waals surface area (Å²) in [7, 11) is 2.03. The first-order valence-corrected chi connectivity index (χ1v) is 4.09. The standard InChI is InChI=1S/C8H18N2/c1-8(2,9-3)7-5-4-6-10-7/h7,9-10H,4-6H2,1-3H3. The van der Waals surface area contributed by atoms with Crippen molar-refractivity contribution in [2.24, 2.45) is 0 Å². The van der Waals surface area contributed by atoms with Gasteiger partial charge < -0.3 is 10.6 Å². The third kappa shape index (κ3) is 1.50. The molecule has 2 nitrogen and oxygen atoms in total. The lowest BCUT2D eigenvalue weighted by Gasteiger charge is -2.31. The maximum absolute atomic E-state index is 3.49. The molecule has 1 aliphatic heterocycles. The van der Waals surface area contributed by atoms with Crippen LogP contribution in [0, 0.1) is 0 Å². The van der Waals surface area contributed by atoms with Crippen molar-refractivity contribution in [2.45, 2.75) is 38.3 Å². The average molecular weight is 142 g/mol. The highest BCUT2D eigenvalue weighted by Crippen LogP contribution is 2.17. The van der Waals surface area contributed by atoms with Crippen LogP contribution in [0.4, 0.5) is 0 Å². The van der Waals surface area contributed by atoms with Crippen LogP contribution in [0.25, 0.3) is 0 Å². The molecule has 1 heterocycles. The zero-order valence-corrected chi connectivity index (χ0v) is 7.20. The van der Waals surface area contributed by atoms with Gasteiger partial charge >= 0.3 is 0 Å². The molecule has 1 unspecified atom stereocenters. The summed E-state index contributed by atoms with van der Waals surface area (Å²) in [6.07, 6.45) is 2.64. The molecule has 1 atom stereocenters. The van der Waals surface area contributed by atoms with Crippen LogP contribution in [0.15, 0.2) is 0 Å². The van der Waals surface area contributed by atoms with Gasteiger partial charge in [0.15, 0.2) is 0 Å². The van der Waals surface area contributed by atoms with E-state index < -0.39 is 0 Å². The molecule has 2 N–H and O–H groups in total. The van der Waals surface area contributed by atoms with Crippen molar-refractivity contribution in [3.05, 3.63) is 0 Å². The summed E-state index contributed by atoms with van der Waals surface area (Å²) in [5, 5.41) is 6.81. The summed E-state index contributed by atoms with van der Waals surface area (Å²) < 4.78 is 0. The molecule has 0 aromatic heterocycles. The Morgan fingerprint density at radius 2 is 2.20 bits per heavy atom. The molecule has 0 bridgehead atoms. The molecule has 0 saturated carbocycles. The zero-order chi connectivity index (χ0) is 7.61. The van der Waals surface area contributed by atoms with Gasteiger partial charge in [-0.2, -0.15) is 0 Å². The van der Waals surface area contributed by atoms with Crippen molar-refractivity contribution >= 4 is 0 Å². The molecular weight excluding hydrogens is 124 g/mol. The average Bonchev–Trinajstić information content (AvgIpc) is 2.38. The Morgan fingerprint density at radius 3 is 2.60 bits per heavy atom. The molecule has 1 fully saturated rings. The predicted octanol–water partition coefficient (Wildman–Crippen LogP) is 0.736. The summed E-state index contributed by atoms with van der Waals surface area (Å²) in [6, 6.07) is 0.664. The summed E-state index contributed by atoms with van der Waals surface area (Å²) in [4.78, 5) is 0. The van der Waals surface area contributed by atoms with Gasteiger partial charge in [-0.3, -0.25) is 0 Å². The molecule has 60 valence electrons. The molecule has 0 aliphatic carbocycles. The van der Waals surface area contributed by atoms with E-state index in [0.29, 0.717) is 6.04 Å². The first-order valence-electron chi connectivity index (χ1n) is 4.09. The third-order valence-electron chi connectivity index (χ3n) is 2.58. The number of rotatable bonds is 2. The van der Waals surface area contributed by atoms with Gasteiger partial charge in [0.2, 0.25) is 0 Å². The van der Waals surface area contributed by atoms with E-state index in [1.165, 1.54) is 19.4 Å². The van der Waals surface area contributed by atoms with E-state index in [0.717, 1.165) is 0 Å². The minimum atomic E-state index is 0.260. The second kappa shape index (κ2) is 2.89. The van der Waals surface area contributed by atoms with Crippen molar-refractivity contribution < 1.29 is 0 Å². The van der Waals surface area contributed by atoms with Gasteiger partial charge in [-0.15, -0.1) is 0 Å². The van der Waals surface area contributed by atoms with Crippen LogP contribution in [-0.2, 0) is 0 Å². The predicted molar refractivity (Wildman–Crippen MR) is 44.2 cm³/mol. The van der Waals surface area contributed by atoms with Gasteiger partial charge in [0.25, 0.3) is 0 Å². The first kappa shape index (κ1) is 8.02. The van der Waals surface area contributed by atoms with E-state index in [2.05, 4.69) is 24.5 Å². The van der Waals surface area contributed by atoms with Crippen LogP contribution in [0.5, 0.6) is 0 Å². The minimum Gasteiger partial charge on any atom is -0.313 e. The SMILES string of the molecule is CNC(C)(C)C1CCCN1. The van der Waals surface area contributed by atoms with Crippen LogP contribution in [0.1, 0.15) is 26.7 Å². The van der Waals surface area contributed by atoms with Crippen molar-refractivity contribution in [2.75, 3.05) is 13.6 Å². The van der Waals surface area contributed by atoms with E-state index >= 15 is 0 Å². The molecule has 1 rings (SSSR count). The van der Waals surface area contributed by atoms with Gasteiger partial charge in [0, 0.05) is 11.6 Å². The summed E-state index contributed by atoms with van der Waals surface area (Å²) >= 11 is 0. The van der Waals surface area contributed by atoms with E-state index in [-0.39, 0.29) is 5.54 Å². The van der Waals surface area contributed by atoms with E-state index in [1.54, 1.807) is 0 Å². The maximum atomic E-state index is 3.49. The zero-order valence-electron chi connectivity index (χ0n) is 7.20. The van der Waals surface area contributed by atoms with Gasteiger partial charge in [0.05, 0.1) is 0 Å². The Bertz CT molecular complexity index is 104. The van der Waals surface area contributed by atoms with E-state index in [1.807, 2.05) is 7.05 Å². The fourth-order valence-corrected chi connectivity index (χ4v) is 1.47. The topological polar surface area (TPSA) is 24.1 Å². The van der Waals surface area contributed by atoms with Crippen molar-refractivity contribution in [3.63, 3.8) is 0 Å². The van der Waals surface area contributed by atoms with Gasteiger partial charge in [-0.05, 0) is 40.3 Å². The lowest BCUT2D eigenvalue weighted by molar-refractivity contribution is 0.319. The summed E-state index contributed by atoms with van der Waals surface area (Å²) in [6.45, 7) is 5.68. The molecular formula is C8H18N2. The fraction of sp³-hybridized carbons (Fsp3) is 1.00. The molecule has 1 aliphatic rings. The number of hydrogen-bond donors (Lipinski definition) is 2. The molecule has 0 radical (unpaired) electrons. The van der Waals surface area contributed by atoms with Crippen LogP contribution >= 0.6 is 0 Å². The van der Waals surface area contributed by atoms with Gasteiger partial charge in [-0.25, -0.2) is 0 Å². The molecule has 2 heteroatoms. The second-order valence-corrected chi connectivity index (χ2v) is 3.62. The van der Waals surface area contributed by atoms with Crippen LogP contribution in [-0.4, -0.2) is 25.2 Å². The molecule has 0 spiro atoms. The smallest absolute Gasteiger partial charge is 0.0275 e. The minimum absolute atomic E-state index is 0.260. The lowest BCUT2D eigenvalue weighted by Crippen LogP contribution is -2.51. The quantitative estimate of drug-likeness (QED) is 0.594. The molecule has 0 aromatic carbocycles. The van der Waals surface area contributed by atoms with Gasteiger partial charge in [0.1, 0.15) is 0 Å². The second-order valence-electron chi connectivity index (χ2n) is 3.62. The Morgan fingerprint density at radius 1 is 1.50 bits per heavy atom. The fourth-order valence-electron chi connectivity index (χ4n) is 1.47. The molecule has 0 aromatic rings. The highest BCUT2D eigenvalue weighted by molar-refractivity contribution is 4.93. The lowest BCUT2D eigenvalue weighted by atomic mass is 9.94. The first-order chi connectivity index (χ1) is 4.67. The Hall–Kier alpha value is -0.0800. The largest absolute Gasteiger partial charge is 0.313 e. The van der Waals surface area contributed by atoms with Crippen molar-refractivity contribution in [1.82, 2.24) is 10.6 Å². The Kier molecular flexibility index (Phi) is 2.32. The van der Waals surface area contributed by atoms with Crippen molar-refractivity contribution in [3.8, 4) is 0 Å². The monoisotopic (exact) mass is 142 g/mol. The summed E-state index contributed by atoms with van der Waals surface area (Å²) in [5.74, 6) is 0. The van der Waals surface area contributed by atoms with Crippen LogP contribution < -0.4 is 10.6 Å². The number of hydrogen-bond acceptors (Lipinski definition) is 2. The number of likely N-dealkylation sites (N-methyl/N-ethyl adjacent to an activating group) is 1. The highest BCUT2D eigenvalue weighted by atomic mass is 15.1. The Labute approximate surface area is 63.4 Å². The molecule has 1 saturated heterocycles. The normalized spacial score (nSPS) is 27.3. The molecule has 0 amide bonds. The van der Waals surface area contributed by atoms with Crippen molar-refractivity contribution in [1.29, 1.82) is 0 Å². The highest BCUT2D eigenvalue weighted by Gasteiger charge is 2.29. The molecule has 10 heavy (non-hydrogen) atoms. The van der Waals surface area contributed by atoms with E-state index in [9.17, 15) is 0 Å². The Balaban J connectivity index is 2.45. The third-order valence-corrected chi connectivity index (χ3v) is 2.58. The van der Waals surface area contributed by atoms with Crippen LogP contribution in [0.2, 0.25) is 0 Å². The summed E-state index contributed by atoms with van der Waals surface area (Å²) in [5.41, 5.74) is 0.260. The van der Waals surface area contributed by atoms with Crippen LogP contribution in [0.3, 0.4) is 0 Å². The van der Waals surface area contributed by atoms with Gasteiger partial charge in [-0.1, -0.05) is 0 Å².